The molecular weight excluding hydrogens is 551 g/mol. The Morgan fingerprint density at radius 1 is 1.00 bits per heavy atom. The van der Waals surface area contributed by atoms with Crippen molar-refractivity contribution in [3.63, 3.8) is 0 Å². The van der Waals surface area contributed by atoms with E-state index >= 15 is 0 Å². The fourth-order valence-corrected chi connectivity index (χ4v) is 4.70. The monoisotopic (exact) mass is 587 g/mol. The molecule has 0 saturated heterocycles. The average Bonchev–Trinajstić information content (AvgIpc) is 3.34. The van der Waals surface area contributed by atoms with E-state index in [1.807, 2.05) is 39.8 Å². The first-order chi connectivity index (χ1) is 20.0. The predicted molar refractivity (Wildman–Crippen MR) is 155 cm³/mol. The van der Waals surface area contributed by atoms with E-state index in [-0.39, 0.29) is 24.4 Å². The number of benzene rings is 1. The average molecular weight is 588 g/mol. The highest BCUT2D eigenvalue weighted by Crippen LogP contribution is 2.37. The Morgan fingerprint density at radius 3 is 2.38 bits per heavy atom. The molecule has 0 fully saturated rings. The standard InChI is InChI=1S/C30H36F3N5O4/c1-6-22(9-8-14-39)37-28-26(24-15-21-16-25(40-7-2)34-19(5)27(21)41-24)18(4)36-29(38-28)35-17(3)20-10-12-23(13-11-20)42-30(31,32)33/h10-13,15-17,22,39H,6-9,14H2,1-5H3,(H2,35,36,37,38)/t17-,22?/m1/s1. The van der Waals surface area contributed by atoms with Crippen molar-refractivity contribution in [3.05, 3.63) is 53.3 Å². The lowest BCUT2D eigenvalue weighted by Gasteiger charge is -2.22. The number of furan rings is 1. The molecule has 42 heavy (non-hydrogen) atoms. The van der Waals surface area contributed by atoms with Crippen LogP contribution in [-0.2, 0) is 0 Å². The second-order valence-electron chi connectivity index (χ2n) is 9.96. The molecule has 0 aliphatic carbocycles. The summed E-state index contributed by atoms with van der Waals surface area (Å²) in [6.07, 6.45) is -2.58. The fourth-order valence-electron chi connectivity index (χ4n) is 4.70. The number of hydrogen-bond acceptors (Lipinski definition) is 9. The van der Waals surface area contributed by atoms with Gasteiger partial charge in [-0.05, 0) is 70.7 Å². The van der Waals surface area contributed by atoms with E-state index in [1.54, 1.807) is 12.1 Å². The van der Waals surface area contributed by atoms with Gasteiger partial charge in [-0.15, -0.1) is 13.2 Å². The smallest absolute Gasteiger partial charge is 0.478 e. The summed E-state index contributed by atoms with van der Waals surface area (Å²) >= 11 is 0. The first-order valence-electron chi connectivity index (χ1n) is 13.9. The molecule has 2 atom stereocenters. The number of ether oxygens (including phenoxy) is 2. The van der Waals surface area contributed by atoms with Gasteiger partial charge in [0.1, 0.15) is 17.3 Å². The topological polar surface area (TPSA) is 115 Å². The summed E-state index contributed by atoms with van der Waals surface area (Å²) in [6.45, 7) is 10.1. The minimum atomic E-state index is -4.75. The molecule has 3 aromatic heterocycles. The number of hydrogen-bond donors (Lipinski definition) is 3. The fraction of sp³-hybridized carbons (Fsp3) is 0.433. The van der Waals surface area contributed by atoms with Crippen molar-refractivity contribution >= 4 is 22.7 Å². The van der Waals surface area contributed by atoms with Crippen LogP contribution in [0.1, 0.15) is 63.0 Å². The van der Waals surface area contributed by atoms with Crippen LogP contribution in [0.5, 0.6) is 11.6 Å². The summed E-state index contributed by atoms with van der Waals surface area (Å²) in [6, 6.07) is 9.12. The largest absolute Gasteiger partial charge is 0.573 e. The van der Waals surface area contributed by atoms with Crippen LogP contribution in [0.2, 0.25) is 0 Å². The molecule has 0 radical (unpaired) electrons. The second kappa shape index (κ2) is 13.3. The summed E-state index contributed by atoms with van der Waals surface area (Å²) in [7, 11) is 0. The lowest BCUT2D eigenvalue weighted by molar-refractivity contribution is -0.274. The maximum atomic E-state index is 12.5. The molecule has 226 valence electrons. The molecule has 0 bridgehead atoms. The Hall–Kier alpha value is -4.06. The summed E-state index contributed by atoms with van der Waals surface area (Å²) in [5.41, 5.74) is 3.41. The van der Waals surface area contributed by atoms with Crippen LogP contribution in [0, 0.1) is 13.8 Å². The minimum absolute atomic E-state index is 0.0361. The van der Waals surface area contributed by atoms with Crippen molar-refractivity contribution in [1.29, 1.82) is 0 Å². The minimum Gasteiger partial charge on any atom is -0.478 e. The predicted octanol–water partition coefficient (Wildman–Crippen LogP) is 7.34. The van der Waals surface area contributed by atoms with Crippen molar-refractivity contribution in [2.75, 3.05) is 23.8 Å². The number of alkyl halides is 3. The van der Waals surface area contributed by atoms with Gasteiger partial charge in [0.2, 0.25) is 11.8 Å². The quantitative estimate of drug-likeness (QED) is 0.148. The van der Waals surface area contributed by atoms with Crippen LogP contribution in [0.25, 0.3) is 22.3 Å². The number of rotatable bonds is 13. The molecule has 0 aliphatic rings. The van der Waals surface area contributed by atoms with Crippen molar-refractivity contribution in [1.82, 2.24) is 15.0 Å². The second-order valence-corrected chi connectivity index (χ2v) is 9.96. The van der Waals surface area contributed by atoms with Crippen molar-refractivity contribution in [3.8, 4) is 23.0 Å². The van der Waals surface area contributed by atoms with Crippen LogP contribution in [-0.4, -0.2) is 45.7 Å². The van der Waals surface area contributed by atoms with E-state index in [0.717, 1.165) is 23.8 Å². The Balaban J connectivity index is 1.69. The van der Waals surface area contributed by atoms with Gasteiger partial charge < -0.3 is 29.6 Å². The molecule has 1 unspecified atom stereocenters. The Bertz CT molecular complexity index is 1490. The van der Waals surface area contributed by atoms with E-state index in [1.165, 1.54) is 12.1 Å². The normalized spacial score (nSPS) is 13.2. The van der Waals surface area contributed by atoms with Gasteiger partial charge in [-0.2, -0.15) is 4.98 Å². The molecule has 12 heteroatoms. The number of halogens is 3. The Morgan fingerprint density at radius 2 is 1.74 bits per heavy atom. The third-order valence-electron chi connectivity index (χ3n) is 6.78. The molecule has 1 aromatic carbocycles. The zero-order chi connectivity index (χ0) is 30.4. The van der Waals surface area contributed by atoms with E-state index in [4.69, 9.17) is 19.1 Å². The first-order valence-corrected chi connectivity index (χ1v) is 13.9. The van der Waals surface area contributed by atoms with Crippen molar-refractivity contribution in [2.45, 2.75) is 72.3 Å². The third-order valence-corrected chi connectivity index (χ3v) is 6.78. The molecule has 3 heterocycles. The number of aryl methyl sites for hydroxylation is 2. The molecule has 3 N–H and O–H groups in total. The van der Waals surface area contributed by atoms with Crippen LogP contribution < -0.4 is 20.1 Å². The molecule has 4 aromatic rings. The summed E-state index contributed by atoms with van der Waals surface area (Å²) < 4.78 is 53.5. The lowest BCUT2D eigenvalue weighted by Crippen LogP contribution is -2.21. The SMILES string of the molecule is CCOc1cc2cc(-c3c(C)nc(N[C@H](C)c4ccc(OC(F)(F)F)cc4)nc3NC(CC)CCCO)oc2c(C)n1. The maximum Gasteiger partial charge on any atom is 0.573 e. The zero-order valence-corrected chi connectivity index (χ0v) is 24.3. The van der Waals surface area contributed by atoms with E-state index < -0.39 is 6.36 Å². The van der Waals surface area contributed by atoms with E-state index in [0.29, 0.717) is 59.0 Å². The molecule has 4 rings (SSSR count). The lowest BCUT2D eigenvalue weighted by atomic mass is 10.1. The number of aromatic nitrogens is 3. The summed E-state index contributed by atoms with van der Waals surface area (Å²) in [5.74, 6) is 1.69. The molecule has 0 saturated carbocycles. The first kappa shape index (κ1) is 30.9. The summed E-state index contributed by atoms with van der Waals surface area (Å²) in [4.78, 5) is 14.0. The van der Waals surface area contributed by atoms with E-state index in [2.05, 4.69) is 27.3 Å². The number of aliphatic hydroxyl groups is 1. The highest BCUT2D eigenvalue weighted by Gasteiger charge is 2.31. The summed E-state index contributed by atoms with van der Waals surface area (Å²) in [5, 5.41) is 17.0. The van der Waals surface area contributed by atoms with Gasteiger partial charge in [0.05, 0.1) is 29.6 Å². The maximum absolute atomic E-state index is 12.5. The van der Waals surface area contributed by atoms with Gasteiger partial charge in [0.25, 0.3) is 0 Å². The number of fused-ring (bicyclic) bond motifs is 1. The zero-order valence-electron chi connectivity index (χ0n) is 24.3. The number of pyridine rings is 1. The van der Waals surface area contributed by atoms with Crippen LogP contribution in [0.15, 0.2) is 40.8 Å². The van der Waals surface area contributed by atoms with Gasteiger partial charge in [0.15, 0.2) is 5.58 Å². The van der Waals surface area contributed by atoms with Gasteiger partial charge in [-0.1, -0.05) is 19.1 Å². The van der Waals surface area contributed by atoms with Gasteiger partial charge >= 0.3 is 6.36 Å². The number of nitrogens with zero attached hydrogens (tertiary/aromatic N) is 3. The highest BCUT2D eigenvalue weighted by molar-refractivity contribution is 5.88. The molecule has 0 amide bonds. The molecule has 0 spiro atoms. The molecule has 0 aliphatic heterocycles. The van der Waals surface area contributed by atoms with Gasteiger partial charge in [-0.3, -0.25) is 0 Å². The number of aliphatic hydroxyl groups excluding tert-OH is 1. The number of anilines is 2. The third kappa shape index (κ3) is 7.61. The van der Waals surface area contributed by atoms with Gasteiger partial charge in [-0.25, -0.2) is 9.97 Å². The van der Waals surface area contributed by atoms with Crippen LogP contribution in [0.3, 0.4) is 0 Å². The number of nitrogens with one attached hydrogen (secondary N) is 2. The van der Waals surface area contributed by atoms with Crippen molar-refractivity contribution < 1.29 is 32.2 Å². The van der Waals surface area contributed by atoms with Crippen molar-refractivity contribution in [2.24, 2.45) is 0 Å². The van der Waals surface area contributed by atoms with Crippen LogP contribution >= 0.6 is 0 Å². The van der Waals surface area contributed by atoms with Crippen LogP contribution in [0.4, 0.5) is 24.9 Å². The van der Waals surface area contributed by atoms with Gasteiger partial charge in [0, 0.05) is 24.1 Å². The molecular formula is C30H36F3N5O4. The highest BCUT2D eigenvalue weighted by atomic mass is 19.4. The molecule has 9 nitrogen and oxygen atoms in total. The Labute approximate surface area is 242 Å². The van der Waals surface area contributed by atoms with E-state index in [9.17, 15) is 18.3 Å². The Kier molecular flexibility index (Phi) is 9.77.